The molecule has 0 N–H and O–H groups in total. The summed E-state index contributed by atoms with van der Waals surface area (Å²) in [5.41, 5.74) is 5.44. The first-order chi connectivity index (χ1) is 21.4. The number of likely N-dealkylation sites (tertiary alicyclic amines) is 1. The van der Waals surface area contributed by atoms with E-state index in [4.69, 9.17) is 4.74 Å². The molecule has 242 valence electrons. The van der Waals surface area contributed by atoms with Gasteiger partial charge in [-0.1, -0.05) is 69.9 Å². The first-order valence-corrected chi connectivity index (χ1v) is 18.0. The monoisotopic (exact) mass is 601 g/mol. The van der Waals surface area contributed by atoms with Gasteiger partial charge in [0.25, 0.3) is 0 Å². The van der Waals surface area contributed by atoms with Crippen LogP contribution in [-0.2, 0) is 29.5 Å². The van der Waals surface area contributed by atoms with Gasteiger partial charge in [0.15, 0.2) is 0 Å². The van der Waals surface area contributed by atoms with Gasteiger partial charge < -0.3 is 14.5 Å². The fourth-order valence-corrected chi connectivity index (χ4v) is 8.17. The highest BCUT2D eigenvalue weighted by atomic mass is 16.5. The molecule has 3 aliphatic rings. The molecule has 5 heteroatoms. The van der Waals surface area contributed by atoms with E-state index in [2.05, 4.69) is 52.8 Å². The fourth-order valence-electron chi connectivity index (χ4n) is 8.17. The number of rotatable bonds is 11. The number of carbonyl (C=O) groups excluding carboxylic acids is 1. The molecule has 2 aromatic carbocycles. The van der Waals surface area contributed by atoms with Crippen LogP contribution in [0.4, 0.5) is 0 Å². The minimum Gasteiger partial charge on any atom is -0.491 e. The predicted octanol–water partition coefficient (Wildman–Crippen LogP) is 7.43. The highest BCUT2D eigenvalue weighted by Crippen LogP contribution is 2.39. The van der Waals surface area contributed by atoms with Crippen LogP contribution in [0.25, 0.3) is 0 Å². The number of ether oxygens (including phenoxy) is 1. The largest absolute Gasteiger partial charge is 0.491 e. The summed E-state index contributed by atoms with van der Waals surface area (Å²) in [6.07, 6.45) is 14.3. The molecule has 44 heavy (non-hydrogen) atoms. The third-order valence-corrected chi connectivity index (χ3v) is 10.8. The standard InChI is InChI=1S/C39H59N3O2/c1-5-33-17-18-35(29-34(33)6-2)39(20-22-40-23-25-41(26-24-40)36-14-8-7-9-15-36)19-10-11-21-42(30-39)38(43)28-32-13-12-16-37(27-32)44-31(3)4/h12-13,16-18,27,29,31,36H,5-11,14-15,19-26,28,30H2,1-4H3/t39-/m1/s1. The molecule has 2 heterocycles. The van der Waals surface area contributed by atoms with E-state index >= 15 is 0 Å². The van der Waals surface area contributed by atoms with Gasteiger partial charge in [0.2, 0.25) is 5.91 Å². The molecule has 0 unspecified atom stereocenters. The summed E-state index contributed by atoms with van der Waals surface area (Å²) in [4.78, 5) is 21.7. The maximum Gasteiger partial charge on any atom is 0.227 e. The number of nitrogens with zero attached hydrogens (tertiary/aromatic N) is 3. The van der Waals surface area contributed by atoms with Gasteiger partial charge in [0.1, 0.15) is 5.75 Å². The van der Waals surface area contributed by atoms with Crippen LogP contribution in [-0.4, -0.2) is 78.6 Å². The molecule has 5 rings (SSSR count). The van der Waals surface area contributed by atoms with Crippen molar-refractivity contribution in [2.24, 2.45) is 0 Å². The van der Waals surface area contributed by atoms with Crippen molar-refractivity contribution in [2.75, 3.05) is 45.8 Å². The smallest absolute Gasteiger partial charge is 0.227 e. The van der Waals surface area contributed by atoms with Crippen LogP contribution in [0.1, 0.15) is 108 Å². The maximum atomic E-state index is 14.0. The van der Waals surface area contributed by atoms with E-state index in [1.54, 1.807) is 0 Å². The number of hydrogen-bond donors (Lipinski definition) is 0. The zero-order valence-corrected chi connectivity index (χ0v) is 28.3. The number of carbonyl (C=O) groups is 1. The Kier molecular flexibility index (Phi) is 11.8. The third kappa shape index (κ3) is 8.46. The minimum absolute atomic E-state index is 0.00847. The van der Waals surface area contributed by atoms with E-state index in [-0.39, 0.29) is 17.4 Å². The van der Waals surface area contributed by atoms with Gasteiger partial charge in [-0.3, -0.25) is 9.69 Å². The Hall–Kier alpha value is -2.37. The molecule has 0 aromatic heterocycles. The van der Waals surface area contributed by atoms with Crippen LogP contribution in [0.3, 0.4) is 0 Å². The molecule has 0 radical (unpaired) electrons. The number of hydrogen-bond acceptors (Lipinski definition) is 4. The molecule has 2 aromatic rings. The second-order valence-electron chi connectivity index (χ2n) is 14.2. The quantitative estimate of drug-likeness (QED) is 0.268. The Morgan fingerprint density at radius 3 is 2.39 bits per heavy atom. The molecule has 1 saturated carbocycles. The lowest BCUT2D eigenvalue weighted by Crippen LogP contribution is -2.52. The summed E-state index contributed by atoms with van der Waals surface area (Å²) in [6.45, 7) is 16.2. The number of amides is 1. The average molecular weight is 602 g/mol. The van der Waals surface area contributed by atoms with E-state index in [0.29, 0.717) is 6.42 Å². The van der Waals surface area contributed by atoms with E-state index in [1.807, 2.05) is 32.0 Å². The summed E-state index contributed by atoms with van der Waals surface area (Å²) in [5, 5.41) is 0. The third-order valence-electron chi connectivity index (χ3n) is 10.8. The van der Waals surface area contributed by atoms with Gasteiger partial charge in [-0.05, 0) is 99.7 Å². The van der Waals surface area contributed by atoms with Crippen LogP contribution in [0.5, 0.6) is 5.75 Å². The zero-order valence-electron chi connectivity index (χ0n) is 28.3. The Morgan fingerprint density at radius 2 is 1.66 bits per heavy atom. The van der Waals surface area contributed by atoms with Gasteiger partial charge in [-0.25, -0.2) is 0 Å². The van der Waals surface area contributed by atoms with Gasteiger partial charge in [-0.2, -0.15) is 0 Å². The molecular formula is C39H59N3O2. The van der Waals surface area contributed by atoms with Crippen LogP contribution in [0.2, 0.25) is 0 Å². The Bertz CT molecular complexity index is 1200. The Labute approximate surface area is 268 Å². The molecule has 1 amide bonds. The molecule has 0 spiro atoms. The lowest BCUT2D eigenvalue weighted by atomic mass is 9.72. The summed E-state index contributed by atoms with van der Waals surface area (Å²) < 4.78 is 5.93. The number of aryl methyl sites for hydroxylation is 2. The first kappa shape index (κ1) is 33.0. The summed E-state index contributed by atoms with van der Waals surface area (Å²) >= 11 is 0. The van der Waals surface area contributed by atoms with Crippen molar-refractivity contribution in [2.45, 2.75) is 122 Å². The predicted molar refractivity (Wildman–Crippen MR) is 183 cm³/mol. The Balaban J connectivity index is 1.33. The first-order valence-electron chi connectivity index (χ1n) is 18.0. The number of benzene rings is 2. The maximum absolute atomic E-state index is 14.0. The van der Waals surface area contributed by atoms with Crippen LogP contribution >= 0.6 is 0 Å². The highest BCUT2D eigenvalue weighted by molar-refractivity contribution is 5.79. The van der Waals surface area contributed by atoms with Gasteiger partial charge in [0.05, 0.1) is 12.5 Å². The fraction of sp³-hybridized carbons (Fsp3) is 0.667. The van der Waals surface area contributed by atoms with Gasteiger partial charge in [-0.15, -0.1) is 0 Å². The van der Waals surface area contributed by atoms with Crippen molar-refractivity contribution >= 4 is 5.91 Å². The van der Waals surface area contributed by atoms with E-state index in [0.717, 1.165) is 69.1 Å². The van der Waals surface area contributed by atoms with E-state index < -0.39 is 0 Å². The second-order valence-corrected chi connectivity index (χ2v) is 14.2. The summed E-state index contributed by atoms with van der Waals surface area (Å²) in [5.74, 6) is 1.10. The van der Waals surface area contributed by atoms with Crippen LogP contribution < -0.4 is 4.74 Å². The van der Waals surface area contributed by atoms with Crippen LogP contribution in [0.15, 0.2) is 42.5 Å². The van der Waals surface area contributed by atoms with Gasteiger partial charge in [0, 0.05) is 50.7 Å². The average Bonchev–Trinajstić information content (AvgIpc) is 3.28. The molecule has 1 aliphatic carbocycles. The van der Waals surface area contributed by atoms with Crippen LogP contribution in [0, 0.1) is 0 Å². The molecule has 2 saturated heterocycles. The van der Waals surface area contributed by atoms with E-state index in [9.17, 15) is 4.79 Å². The normalized spacial score (nSPS) is 22.7. The number of piperazine rings is 1. The lowest BCUT2D eigenvalue weighted by Gasteiger charge is -2.43. The second kappa shape index (κ2) is 15.8. The topological polar surface area (TPSA) is 36.0 Å². The molecule has 0 bridgehead atoms. The van der Waals surface area contributed by atoms with Crippen molar-refractivity contribution in [3.63, 3.8) is 0 Å². The van der Waals surface area contributed by atoms with E-state index in [1.165, 1.54) is 81.4 Å². The molecular weight excluding hydrogens is 542 g/mol. The van der Waals surface area contributed by atoms with Crippen molar-refractivity contribution in [1.29, 1.82) is 0 Å². The van der Waals surface area contributed by atoms with Crippen molar-refractivity contribution in [3.8, 4) is 5.75 Å². The van der Waals surface area contributed by atoms with Crippen molar-refractivity contribution in [1.82, 2.24) is 14.7 Å². The van der Waals surface area contributed by atoms with Crippen molar-refractivity contribution in [3.05, 3.63) is 64.7 Å². The minimum atomic E-state index is -0.00847. The molecule has 5 nitrogen and oxygen atoms in total. The molecule has 1 atom stereocenters. The zero-order chi connectivity index (χ0) is 30.9. The summed E-state index contributed by atoms with van der Waals surface area (Å²) in [7, 11) is 0. The van der Waals surface area contributed by atoms with Crippen molar-refractivity contribution < 1.29 is 9.53 Å². The molecule has 2 aliphatic heterocycles. The van der Waals surface area contributed by atoms with Gasteiger partial charge >= 0.3 is 0 Å². The molecule has 3 fully saturated rings. The summed E-state index contributed by atoms with van der Waals surface area (Å²) in [6, 6.07) is 16.3. The lowest BCUT2D eigenvalue weighted by molar-refractivity contribution is -0.131. The highest BCUT2D eigenvalue weighted by Gasteiger charge is 2.38. The Morgan fingerprint density at radius 1 is 0.886 bits per heavy atom. The SMILES string of the molecule is CCc1ccc([C@@]2(CCN3CCN(C4CCCCC4)CC3)CCCCN(C(=O)Cc3cccc(OC(C)C)c3)C2)cc1CC.